The summed E-state index contributed by atoms with van der Waals surface area (Å²) in [6.07, 6.45) is 0. The summed E-state index contributed by atoms with van der Waals surface area (Å²) in [5.41, 5.74) is 0.499. The molecular formula is C13H17NO4S. The summed E-state index contributed by atoms with van der Waals surface area (Å²) in [5, 5.41) is 8.65. The first-order valence-electron chi connectivity index (χ1n) is 5.71. The number of hydrogen-bond donors (Lipinski definition) is 2. The number of nitrogens with one attached hydrogen (secondary N) is 1. The number of aliphatic hydroxyl groups excluding tert-OH is 1. The zero-order chi connectivity index (χ0) is 14.5. The van der Waals surface area contributed by atoms with E-state index in [2.05, 4.69) is 16.6 Å². The van der Waals surface area contributed by atoms with E-state index in [-0.39, 0.29) is 23.3 Å². The second kappa shape index (κ2) is 6.57. The van der Waals surface area contributed by atoms with Gasteiger partial charge in [0.2, 0.25) is 10.0 Å². The Hall–Kier alpha value is -1.55. The smallest absolute Gasteiger partial charge is 0.244 e. The molecule has 0 fully saturated rings. The van der Waals surface area contributed by atoms with E-state index in [9.17, 15) is 8.42 Å². The third-order valence-corrected chi connectivity index (χ3v) is 3.84. The van der Waals surface area contributed by atoms with Crippen LogP contribution in [0.25, 0.3) is 0 Å². The van der Waals surface area contributed by atoms with Gasteiger partial charge in [0.15, 0.2) is 0 Å². The molecule has 6 heteroatoms. The van der Waals surface area contributed by atoms with Crippen molar-refractivity contribution >= 4 is 10.0 Å². The van der Waals surface area contributed by atoms with Crippen LogP contribution in [0.3, 0.4) is 0 Å². The van der Waals surface area contributed by atoms with Gasteiger partial charge in [-0.15, -0.1) is 0 Å². The van der Waals surface area contributed by atoms with Gasteiger partial charge in [0.1, 0.15) is 17.3 Å². The summed E-state index contributed by atoms with van der Waals surface area (Å²) in [4.78, 5) is 0.0356. The van der Waals surface area contributed by atoms with Gasteiger partial charge in [0.25, 0.3) is 0 Å². The molecule has 0 saturated heterocycles. The topological polar surface area (TPSA) is 75.6 Å². The van der Waals surface area contributed by atoms with Crippen molar-refractivity contribution in [3.63, 3.8) is 0 Å². The fourth-order valence-electron chi connectivity index (χ4n) is 1.48. The van der Waals surface area contributed by atoms with Gasteiger partial charge >= 0.3 is 0 Å². The molecule has 0 saturated carbocycles. The molecule has 0 atom stereocenters. The Labute approximate surface area is 113 Å². The first-order chi connectivity index (χ1) is 8.90. The van der Waals surface area contributed by atoms with Crippen LogP contribution in [0.4, 0.5) is 0 Å². The molecule has 0 spiro atoms. The van der Waals surface area contributed by atoms with Gasteiger partial charge in [-0.05, 0) is 32.0 Å². The predicted octanol–water partition coefficient (Wildman–Crippen LogP) is 0.726. The molecule has 2 N–H and O–H groups in total. The highest BCUT2D eigenvalue weighted by molar-refractivity contribution is 7.89. The number of sulfonamides is 1. The van der Waals surface area contributed by atoms with Crippen molar-refractivity contribution in [2.75, 3.05) is 13.7 Å². The van der Waals surface area contributed by atoms with E-state index in [1.165, 1.54) is 19.2 Å². The lowest BCUT2D eigenvalue weighted by molar-refractivity contribution is 0.350. The Balaban J connectivity index is 3.30. The average Bonchev–Trinajstić information content (AvgIpc) is 2.34. The molecule has 0 radical (unpaired) electrons. The van der Waals surface area contributed by atoms with Gasteiger partial charge in [-0.2, -0.15) is 0 Å². The number of benzene rings is 1. The van der Waals surface area contributed by atoms with E-state index >= 15 is 0 Å². The van der Waals surface area contributed by atoms with E-state index < -0.39 is 10.0 Å². The summed E-state index contributed by atoms with van der Waals surface area (Å²) in [5.74, 6) is 5.39. The Morgan fingerprint density at radius 1 is 1.42 bits per heavy atom. The maximum absolute atomic E-state index is 12.2. The van der Waals surface area contributed by atoms with Crippen molar-refractivity contribution in [3.8, 4) is 17.6 Å². The molecule has 5 nitrogen and oxygen atoms in total. The summed E-state index contributed by atoms with van der Waals surface area (Å²) in [6, 6.07) is 4.38. The number of aliphatic hydroxyl groups is 1. The maximum atomic E-state index is 12.2. The van der Waals surface area contributed by atoms with E-state index in [1.54, 1.807) is 19.9 Å². The van der Waals surface area contributed by atoms with Crippen LogP contribution in [0, 0.1) is 11.8 Å². The lowest BCUT2D eigenvalue weighted by Gasteiger charge is -2.13. The highest BCUT2D eigenvalue weighted by Crippen LogP contribution is 2.24. The van der Waals surface area contributed by atoms with Gasteiger partial charge in [-0.1, -0.05) is 11.8 Å². The van der Waals surface area contributed by atoms with Crippen LogP contribution in [0.2, 0.25) is 0 Å². The molecule has 1 aromatic carbocycles. The fraction of sp³-hybridized carbons (Fsp3) is 0.385. The van der Waals surface area contributed by atoms with Crippen LogP contribution in [0.1, 0.15) is 19.4 Å². The van der Waals surface area contributed by atoms with Crippen molar-refractivity contribution in [2.24, 2.45) is 0 Å². The molecular weight excluding hydrogens is 266 g/mol. The van der Waals surface area contributed by atoms with Crippen LogP contribution < -0.4 is 9.46 Å². The molecule has 0 aliphatic heterocycles. The molecule has 0 amide bonds. The predicted molar refractivity (Wildman–Crippen MR) is 72.4 cm³/mol. The van der Waals surface area contributed by atoms with Crippen molar-refractivity contribution < 1.29 is 18.3 Å². The first kappa shape index (κ1) is 15.5. The Bertz CT molecular complexity index is 597. The van der Waals surface area contributed by atoms with E-state index in [1.807, 2.05) is 0 Å². The highest BCUT2D eigenvalue weighted by atomic mass is 32.2. The number of hydrogen-bond acceptors (Lipinski definition) is 4. The molecule has 104 valence electrons. The minimum Gasteiger partial charge on any atom is -0.495 e. The molecule has 1 rings (SSSR count). The summed E-state index contributed by atoms with van der Waals surface area (Å²) < 4.78 is 31.9. The summed E-state index contributed by atoms with van der Waals surface area (Å²) in [7, 11) is -2.25. The maximum Gasteiger partial charge on any atom is 0.244 e. The Morgan fingerprint density at radius 2 is 2.11 bits per heavy atom. The summed E-state index contributed by atoms with van der Waals surface area (Å²) in [6.45, 7) is 3.19. The van der Waals surface area contributed by atoms with Gasteiger partial charge in [-0.3, -0.25) is 0 Å². The zero-order valence-corrected chi connectivity index (χ0v) is 11.9. The first-order valence-corrected chi connectivity index (χ1v) is 7.19. The monoisotopic (exact) mass is 283 g/mol. The lowest BCUT2D eigenvalue weighted by Crippen LogP contribution is -2.30. The Morgan fingerprint density at radius 3 is 2.63 bits per heavy atom. The lowest BCUT2D eigenvalue weighted by atomic mass is 10.2. The third kappa shape index (κ3) is 4.24. The minimum atomic E-state index is -3.66. The van der Waals surface area contributed by atoms with Crippen LogP contribution in [0.5, 0.6) is 5.75 Å². The molecule has 0 unspecified atom stereocenters. The normalized spacial score (nSPS) is 11.0. The SMILES string of the molecule is COc1ccc(C#CCO)cc1S(=O)(=O)NC(C)C. The Kier molecular flexibility index (Phi) is 5.36. The van der Waals surface area contributed by atoms with Crippen molar-refractivity contribution in [3.05, 3.63) is 23.8 Å². The van der Waals surface area contributed by atoms with E-state index in [4.69, 9.17) is 9.84 Å². The fourth-order valence-corrected chi connectivity index (χ4v) is 2.93. The number of ether oxygens (including phenoxy) is 1. The van der Waals surface area contributed by atoms with Crippen molar-refractivity contribution in [1.82, 2.24) is 4.72 Å². The van der Waals surface area contributed by atoms with Crippen molar-refractivity contribution in [2.45, 2.75) is 24.8 Å². The van der Waals surface area contributed by atoms with Gasteiger partial charge in [0, 0.05) is 11.6 Å². The molecule has 0 aliphatic rings. The van der Waals surface area contributed by atoms with Gasteiger partial charge in [-0.25, -0.2) is 13.1 Å². The summed E-state index contributed by atoms with van der Waals surface area (Å²) >= 11 is 0. The molecule has 1 aromatic rings. The standard InChI is InChI=1S/C13H17NO4S/c1-10(2)14-19(16,17)13-9-11(5-4-8-15)6-7-12(13)18-3/h6-7,9-10,14-15H,8H2,1-3H3. The molecule has 0 bridgehead atoms. The average molecular weight is 283 g/mol. The third-order valence-electron chi connectivity index (χ3n) is 2.16. The van der Waals surface area contributed by atoms with E-state index in [0.29, 0.717) is 5.56 Å². The zero-order valence-electron chi connectivity index (χ0n) is 11.1. The van der Waals surface area contributed by atoms with Crippen LogP contribution >= 0.6 is 0 Å². The highest BCUT2D eigenvalue weighted by Gasteiger charge is 2.20. The van der Waals surface area contributed by atoms with E-state index in [0.717, 1.165) is 0 Å². The molecule has 0 aromatic heterocycles. The number of rotatable bonds is 4. The molecule has 0 aliphatic carbocycles. The van der Waals surface area contributed by atoms with Crippen LogP contribution in [-0.4, -0.2) is 33.3 Å². The van der Waals surface area contributed by atoms with Crippen molar-refractivity contribution in [1.29, 1.82) is 0 Å². The quantitative estimate of drug-likeness (QED) is 0.799. The van der Waals surface area contributed by atoms with Crippen LogP contribution in [-0.2, 0) is 10.0 Å². The molecule has 19 heavy (non-hydrogen) atoms. The van der Waals surface area contributed by atoms with Gasteiger partial charge < -0.3 is 9.84 Å². The van der Waals surface area contributed by atoms with Gasteiger partial charge in [0.05, 0.1) is 7.11 Å². The molecule has 0 heterocycles. The van der Waals surface area contributed by atoms with Crippen LogP contribution in [0.15, 0.2) is 23.1 Å². The number of methoxy groups -OCH3 is 1. The second-order valence-electron chi connectivity index (χ2n) is 4.10. The minimum absolute atomic E-state index is 0.0356. The second-order valence-corrected chi connectivity index (χ2v) is 5.78. The largest absolute Gasteiger partial charge is 0.495 e.